The Labute approximate surface area is 140 Å². The molecular weight excluding hydrogens is 305 g/mol. The van der Waals surface area contributed by atoms with Gasteiger partial charge in [-0.2, -0.15) is 0 Å². The van der Waals surface area contributed by atoms with Crippen molar-refractivity contribution in [3.05, 3.63) is 76.1 Å². The van der Waals surface area contributed by atoms with Gasteiger partial charge in [-0.3, -0.25) is 14.6 Å². The zero-order chi connectivity index (χ0) is 17.3. The number of benzene rings is 1. The number of allylic oxidation sites excluding steroid dienone is 2. The summed E-state index contributed by atoms with van der Waals surface area (Å²) in [5.41, 5.74) is 3.11. The van der Waals surface area contributed by atoms with Crippen LogP contribution < -0.4 is 0 Å². The third kappa shape index (κ3) is 2.80. The molecule has 0 unspecified atom stereocenters. The molecule has 3 rings (SSSR count). The molecule has 0 saturated heterocycles. The number of nitrogens with zero attached hydrogens (tertiary/aromatic N) is 1. The molecule has 0 bridgehead atoms. The van der Waals surface area contributed by atoms with Gasteiger partial charge in [-0.1, -0.05) is 44.2 Å². The van der Waals surface area contributed by atoms with Crippen LogP contribution in [-0.4, -0.2) is 16.6 Å². The molecule has 0 fully saturated rings. The standard InChI is InChI=1S/C20H18FNO2/c1-12(2)18-17(9-14-8-7-13(10-21)11-22-14)19(23)15-5-3-4-6-16(15)20(18)24/h3-8,11-12H,9-10H2,1-2H3. The minimum atomic E-state index is -0.571. The highest BCUT2D eigenvalue weighted by molar-refractivity contribution is 6.27. The lowest BCUT2D eigenvalue weighted by Gasteiger charge is -2.23. The highest BCUT2D eigenvalue weighted by Gasteiger charge is 2.33. The van der Waals surface area contributed by atoms with E-state index in [1.165, 1.54) is 6.20 Å². The van der Waals surface area contributed by atoms with Crippen molar-refractivity contribution in [3.63, 3.8) is 0 Å². The van der Waals surface area contributed by atoms with Gasteiger partial charge in [-0.25, -0.2) is 4.39 Å². The molecule has 1 aromatic heterocycles. The summed E-state index contributed by atoms with van der Waals surface area (Å²) < 4.78 is 12.6. The van der Waals surface area contributed by atoms with E-state index >= 15 is 0 Å². The molecule has 1 aliphatic carbocycles. The smallest absolute Gasteiger partial charge is 0.190 e. The van der Waals surface area contributed by atoms with Crippen molar-refractivity contribution in [2.75, 3.05) is 0 Å². The number of hydrogen-bond donors (Lipinski definition) is 0. The van der Waals surface area contributed by atoms with E-state index < -0.39 is 6.67 Å². The Morgan fingerprint density at radius 1 is 1.00 bits per heavy atom. The Kier molecular flexibility index (Phi) is 4.38. The molecular formula is C20H18FNO2. The number of halogens is 1. The lowest BCUT2D eigenvalue weighted by atomic mass is 9.78. The molecule has 1 aliphatic rings. The Bertz CT molecular complexity index is 835. The maximum absolute atomic E-state index is 12.9. The highest BCUT2D eigenvalue weighted by atomic mass is 19.1. The van der Waals surface area contributed by atoms with E-state index in [-0.39, 0.29) is 23.9 Å². The molecule has 0 saturated carbocycles. The lowest BCUT2D eigenvalue weighted by Crippen LogP contribution is -2.26. The minimum Gasteiger partial charge on any atom is -0.289 e. The first-order chi connectivity index (χ1) is 11.5. The Hall–Kier alpha value is -2.62. The number of hydrogen-bond acceptors (Lipinski definition) is 3. The van der Waals surface area contributed by atoms with Gasteiger partial charge in [0.2, 0.25) is 0 Å². The summed E-state index contributed by atoms with van der Waals surface area (Å²) >= 11 is 0. The van der Waals surface area contributed by atoms with E-state index in [0.29, 0.717) is 33.5 Å². The fourth-order valence-corrected chi connectivity index (χ4v) is 3.05. The summed E-state index contributed by atoms with van der Waals surface area (Å²) in [4.78, 5) is 29.9. The average Bonchev–Trinajstić information content (AvgIpc) is 2.60. The van der Waals surface area contributed by atoms with Crippen LogP contribution >= 0.6 is 0 Å². The average molecular weight is 323 g/mol. The summed E-state index contributed by atoms with van der Waals surface area (Å²) in [5.74, 6) is -0.268. The molecule has 4 heteroatoms. The summed E-state index contributed by atoms with van der Waals surface area (Å²) in [6, 6.07) is 10.3. The van der Waals surface area contributed by atoms with Gasteiger partial charge in [0, 0.05) is 46.1 Å². The van der Waals surface area contributed by atoms with Gasteiger partial charge in [0.15, 0.2) is 11.6 Å². The molecule has 3 nitrogen and oxygen atoms in total. The number of Topliss-reactive ketones (excluding diaryl/α,β-unsaturated/α-hetero) is 2. The number of alkyl halides is 1. The quantitative estimate of drug-likeness (QED) is 0.850. The summed E-state index contributed by atoms with van der Waals surface area (Å²) in [7, 11) is 0. The van der Waals surface area contributed by atoms with Gasteiger partial charge >= 0.3 is 0 Å². The van der Waals surface area contributed by atoms with Gasteiger partial charge in [-0.15, -0.1) is 0 Å². The molecule has 1 aromatic carbocycles. The first kappa shape index (κ1) is 16.2. The second-order valence-corrected chi connectivity index (χ2v) is 6.22. The van der Waals surface area contributed by atoms with Crippen molar-refractivity contribution in [1.82, 2.24) is 4.98 Å². The van der Waals surface area contributed by atoms with E-state index in [1.807, 2.05) is 13.8 Å². The van der Waals surface area contributed by atoms with Crippen LogP contribution in [0.2, 0.25) is 0 Å². The number of aromatic nitrogens is 1. The minimum absolute atomic E-state index is 0.0603. The fourth-order valence-electron chi connectivity index (χ4n) is 3.05. The van der Waals surface area contributed by atoms with Crippen LogP contribution in [0.1, 0.15) is 45.8 Å². The van der Waals surface area contributed by atoms with Gasteiger partial charge in [0.05, 0.1) is 0 Å². The summed E-state index contributed by atoms with van der Waals surface area (Å²) in [5, 5.41) is 0. The van der Waals surface area contributed by atoms with Crippen LogP contribution in [0.5, 0.6) is 0 Å². The Balaban J connectivity index is 2.06. The van der Waals surface area contributed by atoms with E-state index in [4.69, 9.17) is 0 Å². The SMILES string of the molecule is CC(C)C1=C(Cc2ccc(CF)cn2)C(=O)c2ccccc2C1=O. The van der Waals surface area contributed by atoms with Crippen LogP contribution in [0.15, 0.2) is 53.7 Å². The number of fused-ring (bicyclic) bond motifs is 1. The number of carbonyl (C=O) groups is 2. The number of rotatable bonds is 4. The van der Waals surface area contributed by atoms with Gasteiger partial charge in [-0.05, 0) is 12.0 Å². The summed E-state index contributed by atoms with van der Waals surface area (Å²) in [6.45, 7) is 3.25. The highest BCUT2D eigenvalue weighted by Crippen LogP contribution is 2.32. The van der Waals surface area contributed by atoms with Crippen molar-refractivity contribution in [1.29, 1.82) is 0 Å². The predicted molar refractivity (Wildman–Crippen MR) is 89.7 cm³/mol. The molecule has 24 heavy (non-hydrogen) atoms. The van der Waals surface area contributed by atoms with Crippen molar-refractivity contribution < 1.29 is 14.0 Å². The maximum atomic E-state index is 12.9. The van der Waals surface area contributed by atoms with Crippen LogP contribution in [0.3, 0.4) is 0 Å². The molecule has 0 amide bonds. The van der Waals surface area contributed by atoms with Crippen molar-refractivity contribution in [2.24, 2.45) is 5.92 Å². The third-order valence-corrected chi connectivity index (χ3v) is 4.24. The van der Waals surface area contributed by atoms with Gasteiger partial charge in [0.1, 0.15) is 6.67 Å². The van der Waals surface area contributed by atoms with Crippen LogP contribution in [0.4, 0.5) is 4.39 Å². The molecule has 0 radical (unpaired) electrons. The maximum Gasteiger partial charge on any atom is 0.190 e. The van der Waals surface area contributed by atoms with Crippen molar-refractivity contribution >= 4 is 11.6 Å². The number of pyridine rings is 1. The van der Waals surface area contributed by atoms with E-state index in [9.17, 15) is 14.0 Å². The first-order valence-corrected chi connectivity index (χ1v) is 7.94. The van der Waals surface area contributed by atoms with Crippen LogP contribution in [0.25, 0.3) is 0 Å². The molecule has 0 spiro atoms. The Morgan fingerprint density at radius 3 is 2.21 bits per heavy atom. The molecule has 2 aromatic rings. The van der Waals surface area contributed by atoms with E-state index in [2.05, 4.69) is 4.98 Å². The van der Waals surface area contributed by atoms with Crippen LogP contribution in [-0.2, 0) is 13.1 Å². The largest absolute Gasteiger partial charge is 0.289 e. The monoisotopic (exact) mass is 323 g/mol. The topological polar surface area (TPSA) is 47.0 Å². The normalized spacial score (nSPS) is 14.3. The second-order valence-electron chi connectivity index (χ2n) is 6.22. The number of ketones is 2. The zero-order valence-corrected chi connectivity index (χ0v) is 13.7. The zero-order valence-electron chi connectivity index (χ0n) is 13.7. The van der Waals surface area contributed by atoms with Crippen molar-refractivity contribution in [2.45, 2.75) is 26.9 Å². The van der Waals surface area contributed by atoms with Crippen molar-refractivity contribution in [3.8, 4) is 0 Å². The molecule has 122 valence electrons. The van der Waals surface area contributed by atoms with Gasteiger partial charge in [0.25, 0.3) is 0 Å². The number of carbonyl (C=O) groups excluding carboxylic acids is 2. The van der Waals surface area contributed by atoms with E-state index in [0.717, 1.165) is 0 Å². The molecule has 0 aliphatic heterocycles. The fraction of sp³-hybridized carbons (Fsp3) is 0.250. The predicted octanol–water partition coefficient (Wildman–Crippen LogP) is 4.13. The molecule has 1 heterocycles. The third-order valence-electron chi connectivity index (χ3n) is 4.24. The van der Waals surface area contributed by atoms with Crippen LogP contribution in [0, 0.1) is 5.92 Å². The lowest BCUT2D eigenvalue weighted by molar-refractivity contribution is 0.0965. The summed E-state index contributed by atoms with van der Waals surface area (Å²) in [6.07, 6.45) is 1.74. The molecule has 0 atom stereocenters. The first-order valence-electron chi connectivity index (χ1n) is 7.94. The van der Waals surface area contributed by atoms with E-state index in [1.54, 1.807) is 36.4 Å². The Morgan fingerprint density at radius 2 is 1.67 bits per heavy atom. The molecule has 0 N–H and O–H groups in total. The van der Waals surface area contributed by atoms with Gasteiger partial charge < -0.3 is 0 Å². The second kappa shape index (κ2) is 6.48.